The highest BCUT2D eigenvalue weighted by atomic mass is 16.2. The summed E-state index contributed by atoms with van der Waals surface area (Å²) in [6.07, 6.45) is 9.91. The van der Waals surface area contributed by atoms with Gasteiger partial charge in [0.05, 0.1) is 6.04 Å². The number of benzene rings is 1. The highest BCUT2D eigenvalue weighted by Crippen LogP contribution is 2.49. The van der Waals surface area contributed by atoms with E-state index >= 15 is 0 Å². The van der Waals surface area contributed by atoms with E-state index in [1.165, 1.54) is 25.7 Å². The molecule has 1 N–H and O–H groups in total. The van der Waals surface area contributed by atoms with E-state index in [9.17, 15) is 28.8 Å². The van der Waals surface area contributed by atoms with Crippen molar-refractivity contribution in [3.05, 3.63) is 46.5 Å². The number of carbonyl (C=O) groups is 6. The fourth-order valence-electron chi connectivity index (χ4n) is 7.08. The summed E-state index contributed by atoms with van der Waals surface area (Å²) in [6.45, 7) is 0.852. The van der Waals surface area contributed by atoms with Crippen LogP contribution in [-0.2, 0) is 25.6 Å². The number of nitrogens with one attached hydrogen (secondary N) is 1. The molecule has 41 heavy (non-hydrogen) atoms. The smallest absolute Gasteiger partial charge is 0.332 e. The summed E-state index contributed by atoms with van der Waals surface area (Å²) in [4.78, 5) is 83.5. The fraction of sp³-hybridized carbons (Fsp3) is 0.467. The number of imide groups is 4. The Morgan fingerprint density at radius 2 is 1.76 bits per heavy atom. The summed E-state index contributed by atoms with van der Waals surface area (Å²) in [5.41, 5.74) is 1.76. The topological polar surface area (TPSA) is 127 Å². The second-order valence-electron chi connectivity index (χ2n) is 11.5. The Labute approximate surface area is 237 Å². The summed E-state index contributed by atoms with van der Waals surface area (Å²) in [5.74, 6) is -2.44. The van der Waals surface area contributed by atoms with E-state index in [2.05, 4.69) is 16.3 Å². The molecule has 1 aromatic carbocycles. The molecule has 4 aliphatic heterocycles. The monoisotopic (exact) mass is 559 g/mol. The van der Waals surface area contributed by atoms with E-state index < -0.39 is 41.1 Å². The minimum Gasteiger partial charge on any atom is -0.367 e. The molecule has 6 rings (SSSR count). The highest BCUT2D eigenvalue weighted by molar-refractivity contribution is 6.31. The van der Waals surface area contributed by atoms with Crippen molar-refractivity contribution in [2.75, 3.05) is 32.1 Å². The van der Waals surface area contributed by atoms with Crippen LogP contribution in [0.5, 0.6) is 0 Å². The predicted molar refractivity (Wildman–Crippen MR) is 148 cm³/mol. The molecule has 4 heterocycles. The van der Waals surface area contributed by atoms with E-state index in [1.807, 2.05) is 6.07 Å². The molecular weight excluding hydrogens is 526 g/mol. The molecule has 214 valence electrons. The third kappa shape index (κ3) is 4.17. The van der Waals surface area contributed by atoms with Crippen LogP contribution in [0.15, 0.2) is 35.4 Å². The molecule has 1 unspecified atom stereocenters. The van der Waals surface area contributed by atoms with Crippen molar-refractivity contribution in [3.8, 4) is 0 Å². The molecular formula is C30H33N5O6. The number of anilines is 1. The maximum absolute atomic E-state index is 13.6. The van der Waals surface area contributed by atoms with E-state index in [4.69, 9.17) is 0 Å². The average molecular weight is 560 g/mol. The first-order chi connectivity index (χ1) is 19.6. The van der Waals surface area contributed by atoms with Gasteiger partial charge in [-0.2, -0.15) is 0 Å². The Morgan fingerprint density at radius 3 is 2.46 bits per heavy atom. The van der Waals surface area contributed by atoms with Crippen molar-refractivity contribution in [1.29, 1.82) is 0 Å². The van der Waals surface area contributed by atoms with Crippen LogP contribution in [0.3, 0.4) is 0 Å². The van der Waals surface area contributed by atoms with Crippen LogP contribution in [0.1, 0.15) is 56.1 Å². The number of allylic oxidation sites excluding steroid dienone is 1. The number of urea groups is 2. The molecule has 1 spiro atoms. The third-order valence-corrected chi connectivity index (χ3v) is 9.19. The number of hydrogen-bond donors (Lipinski definition) is 1. The van der Waals surface area contributed by atoms with Gasteiger partial charge in [0.15, 0.2) is 5.41 Å². The quantitative estimate of drug-likeness (QED) is 0.260. The first kappa shape index (κ1) is 26.9. The van der Waals surface area contributed by atoms with Crippen LogP contribution < -0.4 is 10.2 Å². The minimum atomic E-state index is -1.44. The lowest BCUT2D eigenvalue weighted by Crippen LogP contribution is -2.70. The molecule has 3 saturated heterocycles. The second-order valence-corrected chi connectivity index (χ2v) is 11.5. The summed E-state index contributed by atoms with van der Waals surface area (Å²) >= 11 is 0. The van der Waals surface area contributed by atoms with Crippen molar-refractivity contribution in [2.45, 2.75) is 57.4 Å². The van der Waals surface area contributed by atoms with Crippen LogP contribution in [0.25, 0.3) is 6.08 Å². The summed E-state index contributed by atoms with van der Waals surface area (Å²) < 4.78 is 0. The molecule has 0 saturated carbocycles. The third-order valence-electron chi connectivity index (χ3n) is 9.19. The number of amides is 8. The van der Waals surface area contributed by atoms with Gasteiger partial charge in [-0.05, 0) is 80.7 Å². The Hall–Kier alpha value is -4.28. The maximum Gasteiger partial charge on any atom is 0.332 e. The van der Waals surface area contributed by atoms with E-state index in [1.54, 1.807) is 12.1 Å². The Bertz CT molecular complexity index is 1440. The van der Waals surface area contributed by atoms with Gasteiger partial charge in [0.1, 0.15) is 5.57 Å². The number of fused-ring (bicyclic) bond motifs is 4. The number of rotatable bonds is 4. The molecule has 11 heteroatoms. The van der Waals surface area contributed by atoms with E-state index in [0.29, 0.717) is 24.9 Å². The number of barbiturate groups is 2. The molecule has 1 aromatic rings. The van der Waals surface area contributed by atoms with Gasteiger partial charge < -0.3 is 4.90 Å². The molecule has 0 radical (unpaired) electrons. The molecule has 0 aromatic heterocycles. The van der Waals surface area contributed by atoms with Gasteiger partial charge in [-0.15, -0.1) is 0 Å². The van der Waals surface area contributed by atoms with Crippen LogP contribution >= 0.6 is 0 Å². The zero-order valence-electron chi connectivity index (χ0n) is 23.3. The largest absolute Gasteiger partial charge is 0.367 e. The van der Waals surface area contributed by atoms with Crippen LogP contribution in [0.2, 0.25) is 0 Å². The SMILES string of the molecule is CN1C(=O)N(C)C(=O)C2(Cc3cc(/C=C4\C(=O)NC(=O)N(CCC5=CCCCC5)C4=O)ccc3N3CCCC32)C1=O. The Morgan fingerprint density at radius 1 is 1.00 bits per heavy atom. The maximum atomic E-state index is 13.6. The molecule has 5 aliphatic rings. The number of nitrogens with zero attached hydrogens (tertiary/aromatic N) is 4. The molecule has 1 atom stereocenters. The first-order valence-electron chi connectivity index (χ1n) is 14.2. The zero-order valence-corrected chi connectivity index (χ0v) is 23.3. The number of hydrogen-bond acceptors (Lipinski definition) is 7. The average Bonchev–Trinajstić information content (AvgIpc) is 3.47. The fourth-order valence-corrected chi connectivity index (χ4v) is 7.08. The van der Waals surface area contributed by atoms with Gasteiger partial charge in [-0.25, -0.2) is 9.59 Å². The van der Waals surface area contributed by atoms with Gasteiger partial charge in [-0.3, -0.25) is 39.2 Å². The molecule has 8 amide bonds. The van der Waals surface area contributed by atoms with E-state index in [-0.39, 0.29) is 24.6 Å². The molecule has 3 fully saturated rings. The van der Waals surface area contributed by atoms with Crippen molar-refractivity contribution >= 4 is 47.5 Å². The summed E-state index contributed by atoms with van der Waals surface area (Å²) in [6, 6.07) is 3.70. The lowest BCUT2D eigenvalue weighted by molar-refractivity contribution is -0.159. The lowest BCUT2D eigenvalue weighted by atomic mass is 9.68. The minimum absolute atomic E-state index is 0.0972. The normalized spacial score (nSPS) is 25.2. The Balaban J connectivity index is 1.32. The van der Waals surface area contributed by atoms with Crippen LogP contribution in [-0.4, -0.2) is 83.6 Å². The van der Waals surface area contributed by atoms with Crippen LogP contribution in [0, 0.1) is 5.41 Å². The highest BCUT2D eigenvalue weighted by Gasteiger charge is 2.63. The van der Waals surface area contributed by atoms with Gasteiger partial charge in [0.2, 0.25) is 11.8 Å². The van der Waals surface area contributed by atoms with Crippen molar-refractivity contribution in [1.82, 2.24) is 20.0 Å². The van der Waals surface area contributed by atoms with E-state index in [0.717, 1.165) is 58.1 Å². The Kier molecular flexibility index (Phi) is 6.55. The van der Waals surface area contributed by atoms with Crippen molar-refractivity contribution in [3.63, 3.8) is 0 Å². The van der Waals surface area contributed by atoms with Gasteiger partial charge in [0, 0.05) is 32.9 Å². The summed E-state index contributed by atoms with van der Waals surface area (Å²) in [5, 5.41) is 2.28. The first-order valence-corrected chi connectivity index (χ1v) is 14.2. The lowest BCUT2D eigenvalue weighted by Gasteiger charge is -2.50. The second kappa shape index (κ2) is 9.97. The standard InChI is InChI=1S/C30H33N5O6/c1-32-26(38)30(27(39)33(2)29(32)41)17-20-15-19(10-11-22(20)34-13-6-9-23(30)34)16-21-24(36)31-28(40)35(25(21)37)14-12-18-7-4-3-5-8-18/h7,10-11,15-16,23H,3-6,8-9,12-14,17H2,1-2H3,(H,31,36,40)/b21-16+. The van der Waals surface area contributed by atoms with Gasteiger partial charge >= 0.3 is 12.1 Å². The van der Waals surface area contributed by atoms with Gasteiger partial charge in [0.25, 0.3) is 11.8 Å². The zero-order chi connectivity index (χ0) is 29.1. The van der Waals surface area contributed by atoms with Crippen LogP contribution in [0.4, 0.5) is 15.3 Å². The van der Waals surface area contributed by atoms with Crippen molar-refractivity contribution in [2.24, 2.45) is 5.41 Å². The summed E-state index contributed by atoms with van der Waals surface area (Å²) in [7, 11) is 2.80. The molecule has 11 nitrogen and oxygen atoms in total. The molecule has 1 aliphatic carbocycles. The number of carbonyl (C=O) groups excluding carboxylic acids is 6. The molecule has 0 bridgehead atoms. The van der Waals surface area contributed by atoms with Crippen molar-refractivity contribution < 1.29 is 28.8 Å². The van der Waals surface area contributed by atoms with Gasteiger partial charge in [-0.1, -0.05) is 17.7 Å². The predicted octanol–water partition coefficient (Wildman–Crippen LogP) is 2.60.